The smallest absolute Gasteiger partial charge is 0.222 e. The number of carbonyl (C=O) groups excluding carboxylic acids is 2. The first-order chi connectivity index (χ1) is 12.9. The average Bonchev–Trinajstić information content (AvgIpc) is 3.03. The minimum Gasteiger partial charge on any atom is -0.376 e. The van der Waals surface area contributed by atoms with Crippen molar-refractivity contribution in [1.29, 1.82) is 0 Å². The SMILES string of the molecule is CC1(C)CC(CN2CCC(CNC(=O)CCN3CCCC3=O)CC2)CCO1. The molecule has 3 aliphatic heterocycles. The van der Waals surface area contributed by atoms with Crippen molar-refractivity contribution in [2.75, 3.05) is 45.9 Å². The molecule has 3 aliphatic rings. The lowest BCUT2D eigenvalue weighted by Gasteiger charge is -2.39. The Morgan fingerprint density at radius 1 is 1.19 bits per heavy atom. The molecule has 1 unspecified atom stereocenters. The van der Waals surface area contributed by atoms with E-state index in [-0.39, 0.29) is 17.4 Å². The van der Waals surface area contributed by atoms with E-state index in [1.165, 1.54) is 13.0 Å². The van der Waals surface area contributed by atoms with Gasteiger partial charge in [-0.1, -0.05) is 0 Å². The summed E-state index contributed by atoms with van der Waals surface area (Å²) in [5, 5.41) is 3.09. The van der Waals surface area contributed by atoms with E-state index in [0.29, 0.717) is 25.3 Å². The summed E-state index contributed by atoms with van der Waals surface area (Å²) in [5.41, 5.74) is 0.0329. The lowest BCUT2D eigenvalue weighted by molar-refractivity contribution is -0.128. The van der Waals surface area contributed by atoms with Crippen LogP contribution in [-0.4, -0.2) is 73.1 Å². The van der Waals surface area contributed by atoms with Crippen LogP contribution in [0, 0.1) is 11.8 Å². The third kappa shape index (κ3) is 6.46. The van der Waals surface area contributed by atoms with Gasteiger partial charge in [0.1, 0.15) is 0 Å². The number of ether oxygens (including phenoxy) is 1. The number of carbonyl (C=O) groups is 2. The molecule has 6 heteroatoms. The molecule has 3 fully saturated rings. The summed E-state index contributed by atoms with van der Waals surface area (Å²) in [7, 11) is 0. The van der Waals surface area contributed by atoms with Crippen LogP contribution in [0.25, 0.3) is 0 Å². The quantitative estimate of drug-likeness (QED) is 0.735. The van der Waals surface area contributed by atoms with Crippen LogP contribution < -0.4 is 5.32 Å². The Hall–Kier alpha value is -1.14. The second-order valence-corrected chi connectivity index (χ2v) is 9.25. The van der Waals surface area contributed by atoms with Crippen molar-refractivity contribution in [3.05, 3.63) is 0 Å². The standard InChI is InChI=1S/C21H37N3O3/c1-21(2)14-18(8-13-27-21)16-23-10-5-17(6-11-23)15-22-19(25)7-12-24-9-3-4-20(24)26/h17-18H,3-16H2,1-2H3,(H,22,25). The first kappa shape index (κ1) is 20.6. The van der Waals surface area contributed by atoms with Crippen LogP contribution in [0.3, 0.4) is 0 Å². The first-order valence-corrected chi connectivity index (χ1v) is 10.8. The number of hydrogen-bond acceptors (Lipinski definition) is 4. The summed E-state index contributed by atoms with van der Waals surface area (Å²) in [6.45, 7) is 10.9. The molecule has 3 rings (SSSR count). The van der Waals surface area contributed by atoms with Gasteiger partial charge in [-0.05, 0) is 70.9 Å². The van der Waals surface area contributed by atoms with Crippen molar-refractivity contribution in [2.45, 2.75) is 64.4 Å². The van der Waals surface area contributed by atoms with Gasteiger partial charge >= 0.3 is 0 Å². The zero-order valence-electron chi connectivity index (χ0n) is 17.2. The fourth-order valence-corrected chi connectivity index (χ4v) is 4.78. The van der Waals surface area contributed by atoms with E-state index < -0.39 is 0 Å². The topological polar surface area (TPSA) is 61.9 Å². The summed E-state index contributed by atoms with van der Waals surface area (Å²) in [6.07, 6.45) is 6.68. The highest BCUT2D eigenvalue weighted by Gasteiger charge is 2.31. The molecular formula is C21H37N3O3. The van der Waals surface area contributed by atoms with Crippen molar-refractivity contribution in [3.63, 3.8) is 0 Å². The Morgan fingerprint density at radius 2 is 1.96 bits per heavy atom. The van der Waals surface area contributed by atoms with Crippen molar-refractivity contribution in [1.82, 2.24) is 15.1 Å². The maximum atomic E-state index is 12.1. The van der Waals surface area contributed by atoms with Gasteiger partial charge in [0.15, 0.2) is 0 Å². The van der Waals surface area contributed by atoms with Crippen LogP contribution >= 0.6 is 0 Å². The van der Waals surface area contributed by atoms with E-state index in [1.807, 2.05) is 4.90 Å². The molecule has 0 saturated carbocycles. The van der Waals surface area contributed by atoms with Crippen molar-refractivity contribution >= 4 is 11.8 Å². The fourth-order valence-electron chi connectivity index (χ4n) is 4.78. The monoisotopic (exact) mass is 379 g/mol. The normalized spacial score (nSPS) is 27.1. The summed E-state index contributed by atoms with van der Waals surface area (Å²) in [4.78, 5) is 28.1. The van der Waals surface area contributed by atoms with Gasteiger partial charge in [0.05, 0.1) is 5.60 Å². The number of amides is 2. The molecule has 1 atom stereocenters. The molecule has 0 aromatic rings. The summed E-state index contributed by atoms with van der Waals surface area (Å²) < 4.78 is 5.83. The number of hydrogen-bond donors (Lipinski definition) is 1. The third-order valence-corrected chi connectivity index (χ3v) is 6.39. The molecule has 3 saturated heterocycles. The fraction of sp³-hybridized carbons (Fsp3) is 0.905. The van der Waals surface area contributed by atoms with Crippen molar-refractivity contribution in [2.24, 2.45) is 11.8 Å². The van der Waals surface area contributed by atoms with E-state index in [4.69, 9.17) is 4.74 Å². The van der Waals surface area contributed by atoms with E-state index in [9.17, 15) is 9.59 Å². The Kier molecular flexibility index (Phi) is 7.15. The number of rotatable bonds is 7. The molecule has 1 N–H and O–H groups in total. The summed E-state index contributed by atoms with van der Waals surface area (Å²) in [5.74, 6) is 1.62. The zero-order valence-corrected chi connectivity index (χ0v) is 17.2. The number of nitrogens with zero attached hydrogens (tertiary/aromatic N) is 2. The second-order valence-electron chi connectivity index (χ2n) is 9.25. The van der Waals surface area contributed by atoms with Crippen molar-refractivity contribution in [3.8, 4) is 0 Å². The van der Waals surface area contributed by atoms with Crippen LogP contribution in [0.5, 0.6) is 0 Å². The molecule has 0 radical (unpaired) electrons. The molecular weight excluding hydrogens is 342 g/mol. The van der Waals surface area contributed by atoms with Crippen LogP contribution in [0.2, 0.25) is 0 Å². The Bertz CT molecular complexity index is 515. The van der Waals surface area contributed by atoms with Crippen LogP contribution in [0.1, 0.15) is 58.8 Å². The maximum Gasteiger partial charge on any atom is 0.222 e. The van der Waals surface area contributed by atoms with Gasteiger partial charge in [-0.2, -0.15) is 0 Å². The highest BCUT2D eigenvalue weighted by atomic mass is 16.5. The van der Waals surface area contributed by atoms with Gasteiger partial charge in [0.25, 0.3) is 0 Å². The molecule has 0 bridgehead atoms. The molecule has 27 heavy (non-hydrogen) atoms. The number of piperidine rings is 1. The average molecular weight is 380 g/mol. The van der Waals surface area contributed by atoms with Crippen molar-refractivity contribution < 1.29 is 14.3 Å². The Balaban J connectivity index is 1.28. The summed E-state index contributed by atoms with van der Waals surface area (Å²) in [6, 6.07) is 0. The predicted molar refractivity (Wildman–Crippen MR) is 105 cm³/mol. The molecule has 2 amide bonds. The van der Waals surface area contributed by atoms with E-state index in [1.54, 1.807) is 0 Å². The molecule has 0 spiro atoms. The molecule has 0 aliphatic carbocycles. The molecule has 6 nitrogen and oxygen atoms in total. The minimum atomic E-state index is 0.0329. The van der Waals surface area contributed by atoms with Gasteiger partial charge < -0.3 is 19.9 Å². The van der Waals surface area contributed by atoms with E-state index in [2.05, 4.69) is 24.1 Å². The van der Waals surface area contributed by atoms with Gasteiger partial charge in [-0.25, -0.2) is 0 Å². The molecule has 3 heterocycles. The predicted octanol–water partition coefficient (Wildman–Crippen LogP) is 2.03. The van der Waals surface area contributed by atoms with Crippen LogP contribution in [-0.2, 0) is 14.3 Å². The first-order valence-electron chi connectivity index (χ1n) is 10.8. The van der Waals surface area contributed by atoms with Crippen LogP contribution in [0.4, 0.5) is 0 Å². The van der Waals surface area contributed by atoms with E-state index in [0.717, 1.165) is 64.4 Å². The van der Waals surface area contributed by atoms with Gasteiger partial charge in [0.2, 0.25) is 11.8 Å². The van der Waals surface area contributed by atoms with Gasteiger partial charge in [-0.3, -0.25) is 9.59 Å². The lowest BCUT2D eigenvalue weighted by atomic mass is 9.87. The minimum absolute atomic E-state index is 0.0329. The third-order valence-electron chi connectivity index (χ3n) is 6.39. The van der Waals surface area contributed by atoms with Crippen LogP contribution in [0.15, 0.2) is 0 Å². The van der Waals surface area contributed by atoms with Gasteiger partial charge in [-0.15, -0.1) is 0 Å². The molecule has 154 valence electrons. The number of nitrogens with one attached hydrogen (secondary N) is 1. The second kappa shape index (κ2) is 9.37. The zero-order chi connectivity index (χ0) is 19.3. The molecule has 0 aromatic heterocycles. The highest BCUT2D eigenvalue weighted by Crippen LogP contribution is 2.30. The summed E-state index contributed by atoms with van der Waals surface area (Å²) >= 11 is 0. The van der Waals surface area contributed by atoms with Gasteiger partial charge in [0, 0.05) is 45.6 Å². The lowest BCUT2D eigenvalue weighted by Crippen LogP contribution is -2.43. The molecule has 0 aromatic carbocycles. The maximum absolute atomic E-state index is 12.1. The highest BCUT2D eigenvalue weighted by molar-refractivity contribution is 5.80. The Morgan fingerprint density at radius 3 is 2.63 bits per heavy atom. The Labute approximate surface area is 164 Å². The largest absolute Gasteiger partial charge is 0.376 e. The number of likely N-dealkylation sites (tertiary alicyclic amines) is 2. The van der Waals surface area contributed by atoms with E-state index >= 15 is 0 Å².